The first-order valence-electron chi connectivity index (χ1n) is 7.16. The molecule has 0 fully saturated rings. The summed E-state index contributed by atoms with van der Waals surface area (Å²) in [6, 6.07) is 7.78. The van der Waals surface area contributed by atoms with Crippen LogP contribution in [0.5, 0.6) is 0 Å². The molecule has 0 bridgehead atoms. The van der Waals surface area contributed by atoms with Crippen molar-refractivity contribution in [2.45, 2.75) is 18.7 Å². The van der Waals surface area contributed by atoms with Gasteiger partial charge >= 0.3 is 0 Å². The molecule has 0 radical (unpaired) electrons. The molecule has 5 nitrogen and oxygen atoms in total. The van der Waals surface area contributed by atoms with Crippen LogP contribution in [-0.4, -0.2) is 14.3 Å². The standard InChI is InChI=1S/C17H16Cl2N2O3S/c1-10-7-13(25(20,23)24)9-16(11(10)2)21-17(22)6-4-12-3-5-14(18)15(19)8-12/h3-9H,1-2H3,(H,21,22)(H2,20,23,24)/b6-4+. The van der Waals surface area contributed by atoms with Crippen molar-refractivity contribution in [1.82, 2.24) is 0 Å². The molecule has 0 saturated heterocycles. The molecule has 132 valence electrons. The normalized spacial score (nSPS) is 11.7. The minimum Gasteiger partial charge on any atom is -0.322 e. The molecule has 2 aromatic carbocycles. The highest BCUT2D eigenvalue weighted by Gasteiger charge is 2.13. The fourth-order valence-corrected chi connectivity index (χ4v) is 3.01. The van der Waals surface area contributed by atoms with Gasteiger partial charge in [-0.25, -0.2) is 13.6 Å². The van der Waals surface area contributed by atoms with Crippen LogP contribution in [0.4, 0.5) is 5.69 Å². The Balaban J connectivity index is 2.24. The SMILES string of the molecule is Cc1cc(S(N)(=O)=O)cc(NC(=O)/C=C/c2ccc(Cl)c(Cl)c2)c1C. The number of sulfonamides is 1. The van der Waals surface area contributed by atoms with Crippen molar-refractivity contribution in [1.29, 1.82) is 0 Å². The van der Waals surface area contributed by atoms with Gasteiger partial charge < -0.3 is 5.32 Å². The van der Waals surface area contributed by atoms with Crippen LogP contribution in [0.15, 0.2) is 41.3 Å². The summed E-state index contributed by atoms with van der Waals surface area (Å²) in [5.74, 6) is -0.417. The first-order chi connectivity index (χ1) is 11.6. The molecule has 25 heavy (non-hydrogen) atoms. The van der Waals surface area contributed by atoms with E-state index in [-0.39, 0.29) is 4.90 Å². The molecular weight excluding hydrogens is 383 g/mol. The Hall–Kier alpha value is -1.86. The van der Waals surface area contributed by atoms with Gasteiger partial charge in [-0.3, -0.25) is 4.79 Å². The van der Waals surface area contributed by atoms with Crippen molar-refractivity contribution in [2.24, 2.45) is 5.14 Å². The summed E-state index contributed by atoms with van der Waals surface area (Å²) in [5.41, 5.74) is 2.54. The molecule has 1 amide bonds. The van der Waals surface area contributed by atoms with Crippen LogP contribution in [0.3, 0.4) is 0 Å². The van der Waals surface area contributed by atoms with Crippen molar-refractivity contribution >= 4 is 50.9 Å². The van der Waals surface area contributed by atoms with Crippen molar-refractivity contribution < 1.29 is 13.2 Å². The van der Waals surface area contributed by atoms with E-state index in [1.807, 2.05) is 0 Å². The first-order valence-corrected chi connectivity index (χ1v) is 9.46. The van der Waals surface area contributed by atoms with Crippen LogP contribution in [0.25, 0.3) is 6.08 Å². The zero-order chi connectivity index (χ0) is 18.8. The number of carbonyl (C=O) groups excluding carboxylic acids is 1. The van der Waals surface area contributed by atoms with Crippen LogP contribution in [0, 0.1) is 13.8 Å². The van der Waals surface area contributed by atoms with Gasteiger partial charge in [0.1, 0.15) is 0 Å². The zero-order valence-corrected chi connectivity index (χ0v) is 15.8. The van der Waals surface area contributed by atoms with E-state index < -0.39 is 15.9 Å². The number of aryl methyl sites for hydroxylation is 1. The summed E-state index contributed by atoms with van der Waals surface area (Å²) >= 11 is 11.8. The second kappa shape index (κ2) is 7.58. The average Bonchev–Trinajstić information content (AvgIpc) is 2.51. The van der Waals surface area contributed by atoms with Gasteiger partial charge in [0.2, 0.25) is 15.9 Å². The Morgan fingerprint density at radius 3 is 2.40 bits per heavy atom. The predicted octanol–water partition coefficient (Wildman–Crippen LogP) is 3.91. The lowest BCUT2D eigenvalue weighted by Crippen LogP contribution is -2.15. The van der Waals surface area contributed by atoms with Gasteiger partial charge in [0.15, 0.2) is 0 Å². The number of benzene rings is 2. The molecule has 2 aromatic rings. The number of primary sulfonamides is 1. The van der Waals surface area contributed by atoms with Gasteiger partial charge in [-0.1, -0.05) is 29.3 Å². The smallest absolute Gasteiger partial charge is 0.248 e. The largest absolute Gasteiger partial charge is 0.322 e. The molecule has 0 aromatic heterocycles. The molecule has 0 atom stereocenters. The van der Waals surface area contributed by atoms with Crippen LogP contribution in [0.1, 0.15) is 16.7 Å². The van der Waals surface area contributed by atoms with E-state index in [0.29, 0.717) is 26.9 Å². The highest BCUT2D eigenvalue weighted by molar-refractivity contribution is 7.89. The fraction of sp³-hybridized carbons (Fsp3) is 0.118. The Morgan fingerprint density at radius 1 is 1.12 bits per heavy atom. The number of amides is 1. The van der Waals surface area contributed by atoms with Gasteiger partial charge in [-0.2, -0.15) is 0 Å². The number of hydrogen-bond acceptors (Lipinski definition) is 3. The van der Waals surface area contributed by atoms with Crippen LogP contribution < -0.4 is 10.5 Å². The first kappa shape index (κ1) is 19.5. The molecule has 0 aliphatic heterocycles. The monoisotopic (exact) mass is 398 g/mol. The molecule has 0 saturated carbocycles. The number of halogens is 2. The molecule has 0 heterocycles. The summed E-state index contributed by atoms with van der Waals surface area (Å²) in [7, 11) is -3.86. The maximum Gasteiger partial charge on any atom is 0.248 e. The molecule has 3 N–H and O–H groups in total. The van der Waals surface area contributed by atoms with E-state index in [0.717, 1.165) is 5.56 Å². The van der Waals surface area contributed by atoms with E-state index in [2.05, 4.69) is 5.32 Å². The van der Waals surface area contributed by atoms with Gasteiger partial charge in [-0.05, 0) is 60.9 Å². The molecular formula is C17H16Cl2N2O3S. The minimum atomic E-state index is -3.86. The highest BCUT2D eigenvalue weighted by atomic mass is 35.5. The van der Waals surface area contributed by atoms with E-state index in [1.165, 1.54) is 18.2 Å². The third-order valence-electron chi connectivity index (χ3n) is 3.60. The second-order valence-corrected chi connectivity index (χ2v) is 7.83. The predicted molar refractivity (Wildman–Crippen MR) is 101 cm³/mol. The third kappa shape index (κ3) is 5.06. The summed E-state index contributed by atoms with van der Waals surface area (Å²) < 4.78 is 23.1. The lowest BCUT2D eigenvalue weighted by Gasteiger charge is -2.11. The van der Waals surface area contributed by atoms with Crippen LogP contribution in [0.2, 0.25) is 10.0 Å². The highest BCUT2D eigenvalue weighted by Crippen LogP contribution is 2.24. The quantitative estimate of drug-likeness (QED) is 0.764. The minimum absolute atomic E-state index is 0.0561. The van der Waals surface area contributed by atoms with E-state index >= 15 is 0 Å². The maximum absolute atomic E-state index is 12.1. The number of carbonyl (C=O) groups is 1. The Bertz CT molecular complexity index is 970. The van der Waals surface area contributed by atoms with Crippen LogP contribution >= 0.6 is 23.2 Å². The second-order valence-electron chi connectivity index (χ2n) is 5.45. The summed E-state index contributed by atoms with van der Waals surface area (Å²) in [6.45, 7) is 3.52. The lowest BCUT2D eigenvalue weighted by molar-refractivity contribution is -0.111. The van der Waals surface area contributed by atoms with Gasteiger partial charge in [-0.15, -0.1) is 0 Å². The number of nitrogens with one attached hydrogen (secondary N) is 1. The molecule has 0 unspecified atom stereocenters. The van der Waals surface area contributed by atoms with Crippen molar-refractivity contribution in [3.05, 3.63) is 63.1 Å². The number of hydrogen-bond donors (Lipinski definition) is 2. The summed E-state index contributed by atoms with van der Waals surface area (Å²) in [6.07, 6.45) is 2.89. The number of nitrogens with two attached hydrogens (primary N) is 1. The third-order valence-corrected chi connectivity index (χ3v) is 5.23. The summed E-state index contributed by atoms with van der Waals surface area (Å²) in [5, 5.41) is 8.62. The molecule has 2 rings (SSSR count). The molecule has 0 aliphatic rings. The van der Waals surface area contributed by atoms with Crippen molar-refractivity contribution in [2.75, 3.05) is 5.32 Å². The van der Waals surface area contributed by atoms with Gasteiger partial charge in [0.05, 0.1) is 14.9 Å². The molecule has 0 spiro atoms. The van der Waals surface area contributed by atoms with Crippen LogP contribution in [-0.2, 0) is 14.8 Å². The van der Waals surface area contributed by atoms with Gasteiger partial charge in [0.25, 0.3) is 0 Å². The van der Waals surface area contributed by atoms with E-state index in [4.69, 9.17) is 28.3 Å². The van der Waals surface area contributed by atoms with E-state index in [9.17, 15) is 13.2 Å². The number of rotatable bonds is 4. The number of anilines is 1. The zero-order valence-electron chi connectivity index (χ0n) is 13.5. The Labute approximate surface area is 156 Å². The Morgan fingerprint density at radius 2 is 1.80 bits per heavy atom. The fourth-order valence-electron chi connectivity index (χ4n) is 2.08. The summed E-state index contributed by atoms with van der Waals surface area (Å²) in [4.78, 5) is 12.1. The molecule has 0 aliphatic carbocycles. The van der Waals surface area contributed by atoms with Crippen molar-refractivity contribution in [3.63, 3.8) is 0 Å². The Kier molecular flexibility index (Phi) is 5.90. The molecule has 8 heteroatoms. The topological polar surface area (TPSA) is 89.3 Å². The van der Waals surface area contributed by atoms with E-state index in [1.54, 1.807) is 38.1 Å². The van der Waals surface area contributed by atoms with Gasteiger partial charge in [0, 0.05) is 11.8 Å². The maximum atomic E-state index is 12.1. The average molecular weight is 399 g/mol. The van der Waals surface area contributed by atoms with Crippen molar-refractivity contribution in [3.8, 4) is 0 Å². The lowest BCUT2D eigenvalue weighted by atomic mass is 10.1.